The number of hydrogen-bond acceptors (Lipinski definition) is 3. The Morgan fingerprint density at radius 3 is 2.81 bits per heavy atom. The van der Waals surface area contributed by atoms with Gasteiger partial charge in [0.2, 0.25) is 5.91 Å². The first-order chi connectivity index (χ1) is 7.77. The van der Waals surface area contributed by atoms with Crippen LogP contribution in [-0.4, -0.2) is 48.0 Å². The number of nitrogens with one attached hydrogen (secondary N) is 1. The quantitative estimate of drug-likeness (QED) is 0.717. The van der Waals surface area contributed by atoms with Crippen molar-refractivity contribution < 1.29 is 4.79 Å². The third kappa shape index (κ3) is 4.58. The molecule has 1 aliphatic heterocycles. The van der Waals surface area contributed by atoms with Crippen LogP contribution >= 0.6 is 11.8 Å². The first kappa shape index (κ1) is 13.6. The van der Waals surface area contributed by atoms with Gasteiger partial charge in [0.25, 0.3) is 0 Å². The highest BCUT2D eigenvalue weighted by atomic mass is 32.2. The molecule has 0 unspecified atom stereocenters. The van der Waals surface area contributed by atoms with Crippen LogP contribution in [0.3, 0.4) is 0 Å². The van der Waals surface area contributed by atoms with Crippen molar-refractivity contribution in [3.63, 3.8) is 0 Å². The van der Waals surface area contributed by atoms with E-state index in [0.29, 0.717) is 17.5 Å². The lowest BCUT2D eigenvalue weighted by atomic mass is 10.2. The number of nitrogens with zero attached hydrogens (tertiary/aromatic N) is 1. The van der Waals surface area contributed by atoms with Crippen molar-refractivity contribution in [3.8, 4) is 0 Å². The van der Waals surface area contributed by atoms with E-state index in [1.807, 2.05) is 23.6 Å². The molecule has 0 aromatic carbocycles. The van der Waals surface area contributed by atoms with Gasteiger partial charge in [-0.25, -0.2) is 0 Å². The van der Waals surface area contributed by atoms with Crippen LogP contribution in [0.2, 0.25) is 0 Å². The van der Waals surface area contributed by atoms with Crippen LogP contribution < -0.4 is 5.32 Å². The summed E-state index contributed by atoms with van der Waals surface area (Å²) in [6.45, 7) is 9.31. The largest absolute Gasteiger partial charge is 0.339 e. The zero-order valence-corrected chi connectivity index (χ0v) is 10.9. The molecule has 0 aromatic heterocycles. The summed E-state index contributed by atoms with van der Waals surface area (Å²) in [7, 11) is 0. The topological polar surface area (TPSA) is 32.3 Å². The number of amides is 1. The van der Waals surface area contributed by atoms with Gasteiger partial charge in [-0.15, -0.1) is 18.3 Å². The van der Waals surface area contributed by atoms with Gasteiger partial charge in [0.1, 0.15) is 0 Å². The molecule has 1 rings (SSSR count). The Bertz CT molecular complexity index is 227. The third-order valence-corrected chi connectivity index (χ3v) is 4.17. The summed E-state index contributed by atoms with van der Waals surface area (Å²) in [5.74, 6) is 0.859. The summed E-state index contributed by atoms with van der Waals surface area (Å²) in [6.07, 6.45) is 4.16. The van der Waals surface area contributed by atoms with Gasteiger partial charge in [-0.3, -0.25) is 4.79 Å². The van der Waals surface area contributed by atoms with Crippen molar-refractivity contribution in [1.29, 1.82) is 0 Å². The average Bonchev–Trinajstić information content (AvgIpc) is 2.34. The van der Waals surface area contributed by atoms with E-state index in [1.54, 1.807) is 6.08 Å². The minimum Gasteiger partial charge on any atom is -0.339 e. The molecule has 16 heavy (non-hydrogen) atoms. The molecule has 0 aliphatic carbocycles. The minimum absolute atomic E-state index is 0.242. The summed E-state index contributed by atoms with van der Waals surface area (Å²) in [5.41, 5.74) is 0. The van der Waals surface area contributed by atoms with Crippen LogP contribution in [0.4, 0.5) is 0 Å². The molecule has 4 heteroatoms. The number of hydrogen-bond donors (Lipinski definition) is 1. The van der Waals surface area contributed by atoms with Crippen LogP contribution in [0.1, 0.15) is 19.8 Å². The normalized spacial score (nSPS) is 17.1. The van der Waals surface area contributed by atoms with E-state index in [0.717, 1.165) is 19.6 Å². The molecular weight excluding hydrogens is 220 g/mol. The average molecular weight is 242 g/mol. The van der Waals surface area contributed by atoms with E-state index in [2.05, 4.69) is 11.9 Å². The van der Waals surface area contributed by atoms with Crippen LogP contribution in [0.5, 0.6) is 0 Å². The Hall–Kier alpha value is -0.480. The molecule has 1 saturated heterocycles. The van der Waals surface area contributed by atoms with Crippen molar-refractivity contribution in [3.05, 3.63) is 12.7 Å². The number of carbonyl (C=O) groups is 1. The monoisotopic (exact) mass is 242 g/mol. The molecule has 1 heterocycles. The Balaban J connectivity index is 2.24. The lowest BCUT2D eigenvalue weighted by Gasteiger charge is -2.24. The minimum atomic E-state index is 0.242. The number of rotatable bonds is 6. The summed E-state index contributed by atoms with van der Waals surface area (Å²) < 4.78 is 0. The molecule has 1 amide bonds. The maximum Gasteiger partial charge on any atom is 0.232 e. The lowest BCUT2D eigenvalue weighted by molar-refractivity contribution is -0.127. The summed E-state index contributed by atoms with van der Waals surface area (Å²) >= 11 is 1.81. The highest BCUT2D eigenvalue weighted by Gasteiger charge is 2.16. The van der Waals surface area contributed by atoms with Crippen molar-refractivity contribution >= 4 is 17.7 Å². The number of carbonyl (C=O) groups excluding carboxylic acids is 1. The predicted octanol–water partition coefficient (Wildman–Crippen LogP) is 1.51. The van der Waals surface area contributed by atoms with E-state index in [1.165, 1.54) is 12.8 Å². The molecule has 0 bridgehead atoms. The SMILES string of the molecule is C=CCN(CC)C(=O)CSC1CCNCC1. The first-order valence-electron chi connectivity index (χ1n) is 5.99. The third-order valence-electron chi connectivity index (χ3n) is 2.81. The second-order valence-electron chi connectivity index (χ2n) is 3.98. The molecule has 0 spiro atoms. The van der Waals surface area contributed by atoms with E-state index in [-0.39, 0.29) is 5.91 Å². The van der Waals surface area contributed by atoms with Gasteiger partial charge in [-0.1, -0.05) is 6.08 Å². The maximum absolute atomic E-state index is 11.8. The molecule has 0 aromatic rings. The second kappa shape index (κ2) is 7.74. The first-order valence-corrected chi connectivity index (χ1v) is 7.03. The number of piperidine rings is 1. The van der Waals surface area contributed by atoms with Crippen LogP contribution in [0.15, 0.2) is 12.7 Å². The highest BCUT2D eigenvalue weighted by molar-refractivity contribution is 8.00. The van der Waals surface area contributed by atoms with Gasteiger partial charge in [-0.05, 0) is 32.9 Å². The van der Waals surface area contributed by atoms with E-state index < -0.39 is 0 Å². The van der Waals surface area contributed by atoms with Crippen LogP contribution in [0.25, 0.3) is 0 Å². The molecule has 0 radical (unpaired) electrons. The van der Waals surface area contributed by atoms with Crippen molar-refractivity contribution in [1.82, 2.24) is 10.2 Å². The molecule has 0 saturated carbocycles. The molecular formula is C12H22N2OS. The van der Waals surface area contributed by atoms with Gasteiger partial charge >= 0.3 is 0 Å². The van der Waals surface area contributed by atoms with Gasteiger partial charge in [0.15, 0.2) is 0 Å². The van der Waals surface area contributed by atoms with E-state index in [4.69, 9.17) is 0 Å². The van der Waals surface area contributed by atoms with Gasteiger partial charge in [0, 0.05) is 18.3 Å². The van der Waals surface area contributed by atoms with E-state index >= 15 is 0 Å². The summed E-state index contributed by atoms with van der Waals surface area (Å²) in [5, 5.41) is 3.99. The molecule has 92 valence electrons. The van der Waals surface area contributed by atoms with Crippen LogP contribution in [0, 0.1) is 0 Å². The lowest BCUT2D eigenvalue weighted by Crippen LogP contribution is -2.34. The Morgan fingerprint density at radius 1 is 1.56 bits per heavy atom. The molecule has 1 aliphatic rings. The summed E-state index contributed by atoms with van der Waals surface area (Å²) in [6, 6.07) is 0. The second-order valence-corrected chi connectivity index (χ2v) is 5.27. The fraction of sp³-hybridized carbons (Fsp3) is 0.750. The number of thioether (sulfide) groups is 1. The molecule has 1 fully saturated rings. The fourth-order valence-electron chi connectivity index (χ4n) is 1.81. The van der Waals surface area contributed by atoms with Crippen molar-refractivity contribution in [2.75, 3.05) is 31.9 Å². The summed E-state index contributed by atoms with van der Waals surface area (Å²) in [4.78, 5) is 13.7. The maximum atomic E-state index is 11.8. The van der Waals surface area contributed by atoms with Crippen molar-refractivity contribution in [2.24, 2.45) is 0 Å². The Kier molecular flexibility index (Phi) is 6.57. The molecule has 0 atom stereocenters. The Labute approximate surface area is 103 Å². The smallest absolute Gasteiger partial charge is 0.232 e. The zero-order chi connectivity index (χ0) is 11.8. The van der Waals surface area contributed by atoms with Gasteiger partial charge in [0.05, 0.1) is 5.75 Å². The zero-order valence-electron chi connectivity index (χ0n) is 10.1. The van der Waals surface area contributed by atoms with Gasteiger partial charge < -0.3 is 10.2 Å². The fourth-order valence-corrected chi connectivity index (χ4v) is 2.94. The predicted molar refractivity (Wildman–Crippen MR) is 70.8 cm³/mol. The van der Waals surface area contributed by atoms with Gasteiger partial charge in [-0.2, -0.15) is 0 Å². The Morgan fingerprint density at radius 2 is 2.25 bits per heavy atom. The highest BCUT2D eigenvalue weighted by Crippen LogP contribution is 2.20. The molecule has 3 nitrogen and oxygen atoms in total. The standard InChI is InChI=1S/C12H22N2OS/c1-3-9-14(4-2)12(15)10-16-11-5-7-13-8-6-11/h3,11,13H,1,4-10H2,2H3. The molecule has 1 N–H and O–H groups in total. The van der Waals surface area contributed by atoms with Crippen LogP contribution in [-0.2, 0) is 4.79 Å². The van der Waals surface area contributed by atoms with Crippen molar-refractivity contribution in [2.45, 2.75) is 25.0 Å². The number of likely N-dealkylation sites (N-methyl/N-ethyl adjacent to an activating group) is 1. The van der Waals surface area contributed by atoms with E-state index in [9.17, 15) is 4.79 Å².